The quantitative estimate of drug-likeness (QED) is 0.607. The molecule has 1 aliphatic heterocycles. The van der Waals surface area contributed by atoms with E-state index in [-0.39, 0.29) is 18.2 Å². The van der Waals surface area contributed by atoms with E-state index in [4.69, 9.17) is 11.6 Å². The summed E-state index contributed by atoms with van der Waals surface area (Å²) in [5.74, 6) is -0.409. The topological polar surface area (TPSA) is 37.4 Å². The summed E-state index contributed by atoms with van der Waals surface area (Å²) < 4.78 is 1.06. The monoisotopic (exact) mass is 349 g/mol. The lowest BCUT2D eigenvalue weighted by atomic mass is 10.1. The van der Waals surface area contributed by atoms with Gasteiger partial charge in [-0.2, -0.15) is 0 Å². The van der Waals surface area contributed by atoms with Crippen LogP contribution in [0.2, 0.25) is 0 Å². The lowest BCUT2D eigenvalue weighted by molar-refractivity contribution is -0.120. The SMILES string of the molecule is O=C(Cl)[C@H]1CC(=O)N(c2cccc(I)c2)C1. The van der Waals surface area contributed by atoms with Gasteiger partial charge >= 0.3 is 0 Å². The maximum atomic E-state index is 11.7. The fourth-order valence-electron chi connectivity index (χ4n) is 1.75. The van der Waals surface area contributed by atoms with E-state index < -0.39 is 5.24 Å². The van der Waals surface area contributed by atoms with Crippen molar-refractivity contribution in [1.82, 2.24) is 0 Å². The molecular formula is C11H9ClINO2. The number of carbonyl (C=O) groups excluding carboxylic acids is 2. The van der Waals surface area contributed by atoms with Gasteiger partial charge in [-0.05, 0) is 52.4 Å². The Hall–Kier alpha value is -0.620. The number of rotatable bonds is 2. The third-order valence-electron chi connectivity index (χ3n) is 2.57. The predicted octanol–water partition coefficient (Wildman–Crippen LogP) is 2.41. The van der Waals surface area contributed by atoms with E-state index >= 15 is 0 Å². The van der Waals surface area contributed by atoms with Gasteiger partial charge in [0.05, 0.1) is 5.92 Å². The molecule has 1 amide bonds. The van der Waals surface area contributed by atoms with Crippen LogP contribution in [0, 0.1) is 9.49 Å². The zero-order chi connectivity index (χ0) is 11.7. The molecule has 1 saturated heterocycles. The first-order valence-electron chi connectivity index (χ1n) is 4.83. The molecule has 1 fully saturated rings. The van der Waals surface area contributed by atoms with E-state index in [0.717, 1.165) is 9.26 Å². The first-order chi connectivity index (χ1) is 7.58. The zero-order valence-corrected chi connectivity index (χ0v) is 11.2. The van der Waals surface area contributed by atoms with Crippen LogP contribution in [0.5, 0.6) is 0 Å². The van der Waals surface area contributed by atoms with Gasteiger partial charge in [-0.1, -0.05) is 6.07 Å². The Morgan fingerprint density at radius 1 is 1.50 bits per heavy atom. The fourth-order valence-corrected chi connectivity index (χ4v) is 2.43. The molecule has 2 rings (SSSR count). The fraction of sp³-hybridized carbons (Fsp3) is 0.273. The van der Waals surface area contributed by atoms with Crippen LogP contribution >= 0.6 is 34.2 Å². The third-order valence-corrected chi connectivity index (χ3v) is 3.55. The summed E-state index contributed by atoms with van der Waals surface area (Å²) in [4.78, 5) is 24.4. The average Bonchev–Trinajstić information content (AvgIpc) is 2.60. The number of halogens is 2. The molecule has 1 aromatic carbocycles. The molecule has 3 nitrogen and oxygen atoms in total. The van der Waals surface area contributed by atoms with E-state index in [1.165, 1.54) is 0 Å². The van der Waals surface area contributed by atoms with Crippen LogP contribution in [0.1, 0.15) is 6.42 Å². The van der Waals surface area contributed by atoms with Crippen molar-refractivity contribution < 1.29 is 9.59 Å². The molecule has 84 valence electrons. The molecular weight excluding hydrogens is 340 g/mol. The Balaban J connectivity index is 2.23. The van der Waals surface area contributed by atoms with Crippen molar-refractivity contribution in [2.24, 2.45) is 5.92 Å². The van der Waals surface area contributed by atoms with Crippen LogP contribution < -0.4 is 4.90 Å². The molecule has 1 aromatic rings. The highest BCUT2D eigenvalue weighted by molar-refractivity contribution is 14.1. The summed E-state index contributed by atoms with van der Waals surface area (Å²) in [5.41, 5.74) is 0.831. The second-order valence-corrected chi connectivity index (χ2v) is 5.31. The van der Waals surface area contributed by atoms with Crippen LogP contribution in [0.4, 0.5) is 5.69 Å². The van der Waals surface area contributed by atoms with E-state index in [9.17, 15) is 9.59 Å². The highest BCUT2D eigenvalue weighted by Gasteiger charge is 2.34. The predicted molar refractivity (Wildman–Crippen MR) is 70.5 cm³/mol. The summed E-state index contributed by atoms with van der Waals surface area (Å²) in [7, 11) is 0. The zero-order valence-electron chi connectivity index (χ0n) is 8.32. The minimum absolute atomic E-state index is 0.0407. The number of benzene rings is 1. The van der Waals surface area contributed by atoms with Gasteiger partial charge < -0.3 is 4.90 Å². The molecule has 0 N–H and O–H groups in total. The van der Waals surface area contributed by atoms with Crippen molar-refractivity contribution in [2.75, 3.05) is 11.4 Å². The standard InChI is InChI=1S/C11H9ClINO2/c12-11(16)7-4-10(15)14(6-7)9-3-1-2-8(13)5-9/h1-3,5,7H,4,6H2/t7-/m0/s1. The molecule has 16 heavy (non-hydrogen) atoms. The Morgan fingerprint density at radius 3 is 2.81 bits per heavy atom. The number of anilines is 1. The first kappa shape index (κ1) is 11.9. The van der Waals surface area contributed by atoms with Crippen LogP contribution in [-0.2, 0) is 9.59 Å². The average molecular weight is 350 g/mol. The Labute approximate surface area is 112 Å². The van der Waals surface area contributed by atoms with Gasteiger partial charge in [-0.15, -0.1) is 0 Å². The van der Waals surface area contributed by atoms with Crippen LogP contribution in [0.25, 0.3) is 0 Å². The van der Waals surface area contributed by atoms with Crippen molar-refractivity contribution in [3.05, 3.63) is 27.8 Å². The summed E-state index contributed by atoms with van der Waals surface area (Å²) >= 11 is 7.60. The highest BCUT2D eigenvalue weighted by atomic mass is 127. The largest absolute Gasteiger partial charge is 0.312 e. The smallest absolute Gasteiger partial charge is 0.227 e. The molecule has 0 unspecified atom stereocenters. The van der Waals surface area contributed by atoms with Gasteiger partial charge in [-0.25, -0.2) is 0 Å². The van der Waals surface area contributed by atoms with Crippen molar-refractivity contribution in [3.8, 4) is 0 Å². The number of hydrogen-bond acceptors (Lipinski definition) is 2. The highest BCUT2D eigenvalue weighted by Crippen LogP contribution is 2.27. The molecule has 1 heterocycles. The van der Waals surface area contributed by atoms with Gasteiger partial charge in [0.2, 0.25) is 11.1 Å². The number of nitrogens with zero attached hydrogens (tertiary/aromatic N) is 1. The van der Waals surface area contributed by atoms with Crippen molar-refractivity contribution in [3.63, 3.8) is 0 Å². The second kappa shape index (κ2) is 4.71. The molecule has 0 bridgehead atoms. The van der Waals surface area contributed by atoms with E-state index in [2.05, 4.69) is 22.6 Å². The summed E-state index contributed by atoms with van der Waals surface area (Å²) in [6.45, 7) is 0.390. The number of carbonyl (C=O) groups is 2. The Bertz CT molecular complexity index is 449. The van der Waals surface area contributed by atoms with Crippen LogP contribution in [-0.4, -0.2) is 17.7 Å². The Morgan fingerprint density at radius 2 is 2.25 bits per heavy atom. The molecule has 0 saturated carbocycles. The minimum Gasteiger partial charge on any atom is -0.312 e. The normalized spacial score (nSPS) is 20.2. The van der Waals surface area contributed by atoms with E-state index in [0.29, 0.717) is 6.54 Å². The number of amides is 1. The van der Waals surface area contributed by atoms with Gasteiger partial charge in [-0.3, -0.25) is 9.59 Å². The van der Waals surface area contributed by atoms with E-state index in [1.54, 1.807) is 4.90 Å². The molecule has 5 heteroatoms. The van der Waals surface area contributed by atoms with Crippen LogP contribution in [0.15, 0.2) is 24.3 Å². The first-order valence-corrected chi connectivity index (χ1v) is 6.29. The van der Waals surface area contributed by atoms with Crippen molar-refractivity contribution in [1.29, 1.82) is 0 Å². The van der Waals surface area contributed by atoms with Gasteiger partial charge in [0.25, 0.3) is 0 Å². The maximum absolute atomic E-state index is 11.7. The lowest BCUT2D eigenvalue weighted by Crippen LogP contribution is -2.25. The maximum Gasteiger partial charge on any atom is 0.227 e. The van der Waals surface area contributed by atoms with Gasteiger partial charge in [0, 0.05) is 22.2 Å². The Kier molecular flexibility index (Phi) is 3.49. The summed E-state index contributed by atoms with van der Waals surface area (Å²) in [5, 5.41) is -0.429. The van der Waals surface area contributed by atoms with Gasteiger partial charge in [0.15, 0.2) is 0 Å². The lowest BCUT2D eigenvalue weighted by Gasteiger charge is -2.16. The van der Waals surface area contributed by atoms with Crippen molar-refractivity contribution >= 4 is 51.0 Å². The van der Waals surface area contributed by atoms with Crippen molar-refractivity contribution in [2.45, 2.75) is 6.42 Å². The van der Waals surface area contributed by atoms with Crippen LogP contribution in [0.3, 0.4) is 0 Å². The molecule has 1 aliphatic rings. The summed E-state index contributed by atoms with van der Waals surface area (Å²) in [6.07, 6.45) is 0.216. The number of hydrogen-bond donors (Lipinski definition) is 0. The third kappa shape index (κ3) is 2.38. The molecule has 0 aliphatic carbocycles. The summed E-state index contributed by atoms with van der Waals surface area (Å²) in [6, 6.07) is 7.62. The van der Waals surface area contributed by atoms with Gasteiger partial charge in [0.1, 0.15) is 0 Å². The molecule has 0 radical (unpaired) electrons. The second-order valence-electron chi connectivity index (χ2n) is 3.69. The minimum atomic E-state index is -0.429. The van der Waals surface area contributed by atoms with E-state index in [1.807, 2.05) is 24.3 Å². The molecule has 0 aromatic heterocycles. The molecule has 1 atom stereocenters. The molecule has 0 spiro atoms.